The second kappa shape index (κ2) is 4.70. The highest BCUT2D eigenvalue weighted by Gasteiger charge is 2.39. The Morgan fingerprint density at radius 2 is 2.07 bits per heavy atom. The molecule has 2 nitrogen and oxygen atoms in total. The fourth-order valence-corrected chi connectivity index (χ4v) is 2.33. The van der Waals surface area contributed by atoms with Crippen molar-refractivity contribution in [3.8, 4) is 0 Å². The maximum Gasteiger partial charge on any atom is 0.401 e. The number of nitrogens with one attached hydrogen (secondary N) is 1. The molecule has 90 valence electrons. The molecule has 3 N–H and O–H groups in total. The molecule has 0 aromatic heterocycles. The van der Waals surface area contributed by atoms with Crippen LogP contribution in [-0.2, 0) is 0 Å². The maximum atomic E-state index is 12.1. The Hall–Kier alpha value is -0.290. The summed E-state index contributed by atoms with van der Waals surface area (Å²) in [7, 11) is 0. The standard InChI is InChI=1S/C10H19F3N2/c1-8-4-2-3-5-9(8,6-14)15-7-10(11,12)13/h8,15H,2-7,14H2,1H3. The molecule has 1 aliphatic carbocycles. The Bertz CT molecular complexity index is 205. The monoisotopic (exact) mass is 224 g/mol. The Morgan fingerprint density at radius 1 is 1.40 bits per heavy atom. The van der Waals surface area contributed by atoms with Crippen molar-refractivity contribution in [2.45, 2.75) is 44.3 Å². The highest BCUT2D eigenvalue weighted by atomic mass is 19.4. The molecule has 5 heteroatoms. The van der Waals surface area contributed by atoms with Crippen LogP contribution in [-0.4, -0.2) is 24.8 Å². The van der Waals surface area contributed by atoms with Crippen molar-refractivity contribution >= 4 is 0 Å². The van der Waals surface area contributed by atoms with Gasteiger partial charge in [0.2, 0.25) is 0 Å². The smallest absolute Gasteiger partial charge is 0.329 e. The Balaban J connectivity index is 2.59. The van der Waals surface area contributed by atoms with E-state index in [0.29, 0.717) is 0 Å². The third-order valence-electron chi connectivity index (χ3n) is 3.46. The van der Waals surface area contributed by atoms with Crippen LogP contribution in [0.5, 0.6) is 0 Å². The Labute approximate surface area is 88.4 Å². The SMILES string of the molecule is CC1CCCCC1(CN)NCC(F)(F)F. The van der Waals surface area contributed by atoms with Gasteiger partial charge in [-0.05, 0) is 18.8 Å². The molecule has 0 spiro atoms. The summed E-state index contributed by atoms with van der Waals surface area (Å²) in [6.45, 7) is 1.33. The Morgan fingerprint density at radius 3 is 2.53 bits per heavy atom. The van der Waals surface area contributed by atoms with Gasteiger partial charge in [0, 0.05) is 12.1 Å². The van der Waals surface area contributed by atoms with E-state index >= 15 is 0 Å². The molecule has 0 heterocycles. The van der Waals surface area contributed by atoms with Crippen molar-refractivity contribution in [3.05, 3.63) is 0 Å². The van der Waals surface area contributed by atoms with E-state index in [0.717, 1.165) is 25.7 Å². The Kier molecular flexibility index (Phi) is 4.00. The van der Waals surface area contributed by atoms with Gasteiger partial charge in [-0.2, -0.15) is 13.2 Å². The molecule has 0 aromatic rings. The first-order chi connectivity index (χ1) is 6.90. The molecule has 1 saturated carbocycles. The van der Waals surface area contributed by atoms with Gasteiger partial charge in [-0.15, -0.1) is 0 Å². The first kappa shape index (κ1) is 12.8. The van der Waals surface area contributed by atoms with Crippen LogP contribution >= 0.6 is 0 Å². The van der Waals surface area contributed by atoms with Crippen LogP contribution in [0, 0.1) is 5.92 Å². The summed E-state index contributed by atoms with van der Waals surface area (Å²) in [5, 5.41) is 2.62. The molecule has 0 amide bonds. The number of alkyl halides is 3. The van der Waals surface area contributed by atoms with Gasteiger partial charge in [-0.25, -0.2) is 0 Å². The minimum absolute atomic E-state index is 0.221. The molecule has 2 atom stereocenters. The van der Waals surface area contributed by atoms with Crippen molar-refractivity contribution in [2.24, 2.45) is 11.7 Å². The van der Waals surface area contributed by atoms with Crippen LogP contribution in [0.15, 0.2) is 0 Å². The van der Waals surface area contributed by atoms with E-state index in [1.54, 1.807) is 0 Å². The lowest BCUT2D eigenvalue weighted by Crippen LogP contribution is -2.59. The molecule has 15 heavy (non-hydrogen) atoms. The number of halogens is 3. The fraction of sp³-hybridized carbons (Fsp3) is 1.00. The van der Waals surface area contributed by atoms with E-state index in [1.807, 2.05) is 6.92 Å². The zero-order valence-electron chi connectivity index (χ0n) is 9.03. The molecular weight excluding hydrogens is 205 g/mol. The highest BCUT2D eigenvalue weighted by Crippen LogP contribution is 2.33. The molecular formula is C10H19F3N2. The normalized spacial score (nSPS) is 33.0. The zero-order valence-corrected chi connectivity index (χ0v) is 9.03. The van der Waals surface area contributed by atoms with Gasteiger partial charge in [0.05, 0.1) is 6.54 Å². The molecule has 1 aliphatic rings. The number of hydrogen-bond acceptors (Lipinski definition) is 2. The van der Waals surface area contributed by atoms with Gasteiger partial charge in [0.15, 0.2) is 0 Å². The molecule has 0 aromatic carbocycles. The van der Waals surface area contributed by atoms with Crippen molar-refractivity contribution < 1.29 is 13.2 Å². The van der Waals surface area contributed by atoms with E-state index in [1.165, 1.54) is 0 Å². The van der Waals surface area contributed by atoms with Crippen LogP contribution < -0.4 is 11.1 Å². The summed E-state index contributed by atoms with van der Waals surface area (Å²) in [5.74, 6) is 0.221. The lowest BCUT2D eigenvalue weighted by Gasteiger charge is -2.43. The van der Waals surface area contributed by atoms with E-state index in [-0.39, 0.29) is 12.5 Å². The summed E-state index contributed by atoms with van der Waals surface area (Å²) in [4.78, 5) is 0. The van der Waals surface area contributed by atoms with Gasteiger partial charge in [-0.3, -0.25) is 0 Å². The minimum atomic E-state index is -4.15. The molecule has 1 rings (SSSR count). The number of rotatable bonds is 3. The predicted molar refractivity (Wildman–Crippen MR) is 53.5 cm³/mol. The first-order valence-electron chi connectivity index (χ1n) is 5.41. The summed E-state index contributed by atoms with van der Waals surface area (Å²) >= 11 is 0. The summed E-state index contributed by atoms with van der Waals surface area (Å²) in [6, 6.07) is 0. The zero-order chi connectivity index (χ0) is 11.5. The van der Waals surface area contributed by atoms with Crippen LogP contribution in [0.1, 0.15) is 32.6 Å². The molecule has 0 bridgehead atoms. The topological polar surface area (TPSA) is 38.0 Å². The summed E-state index contributed by atoms with van der Waals surface area (Å²) in [5.41, 5.74) is 5.12. The van der Waals surface area contributed by atoms with Crippen molar-refractivity contribution in [1.29, 1.82) is 0 Å². The van der Waals surface area contributed by atoms with E-state index in [9.17, 15) is 13.2 Å². The van der Waals surface area contributed by atoms with Gasteiger partial charge >= 0.3 is 6.18 Å². The van der Waals surface area contributed by atoms with Gasteiger partial charge in [-0.1, -0.05) is 19.8 Å². The predicted octanol–water partition coefficient (Wildman–Crippen LogP) is 2.05. The molecule has 2 unspecified atom stereocenters. The number of hydrogen-bond donors (Lipinski definition) is 2. The lowest BCUT2D eigenvalue weighted by atomic mass is 9.73. The van der Waals surface area contributed by atoms with E-state index < -0.39 is 18.3 Å². The van der Waals surface area contributed by atoms with Crippen molar-refractivity contribution in [2.75, 3.05) is 13.1 Å². The van der Waals surface area contributed by atoms with Gasteiger partial charge in [0.1, 0.15) is 0 Å². The second-order valence-electron chi connectivity index (χ2n) is 4.48. The van der Waals surface area contributed by atoms with Gasteiger partial charge < -0.3 is 11.1 Å². The average molecular weight is 224 g/mol. The molecule has 0 radical (unpaired) electrons. The minimum Gasteiger partial charge on any atom is -0.329 e. The first-order valence-corrected chi connectivity index (χ1v) is 5.41. The molecule has 1 fully saturated rings. The summed E-state index contributed by atoms with van der Waals surface area (Å²) < 4.78 is 36.4. The quantitative estimate of drug-likeness (QED) is 0.770. The van der Waals surface area contributed by atoms with Crippen LogP contribution in [0.3, 0.4) is 0 Å². The largest absolute Gasteiger partial charge is 0.401 e. The third-order valence-corrected chi connectivity index (χ3v) is 3.46. The molecule has 0 saturated heterocycles. The summed E-state index contributed by atoms with van der Waals surface area (Å²) in [6.07, 6.45) is -0.384. The highest BCUT2D eigenvalue weighted by molar-refractivity contribution is 4.96. The number of nitrogens with two attached hydrogens (primary N) is 1. The van der Waals surface area contributed by atoms with E-state index in [2.05, 4.69) is 5.32 Å². The molecule has 0 aliphatic heterocycles. The van der Waals surface area contributed by atoms with Crippen LogP contribution in [0.2, 0.25) is 0 Å². The van der Waals surface area contributed by atoms with Crippen molar-refractivity contribution in [3.63, 3.8) is 0 Å². The maximum absolute atomic E-state index is 12.1. The van der Waals surface area contributed by atoms with Gasteiger partial charge in [0.25, 0.3) is 0 Å². The van der Waals surface area contributed by atoms with Crippen LogP contribution in [0.25, 0.3) is 0 Å². The second-order valence-corrected chi connectivity index (χ2v) is 4.48. The fourth-order valence-electron chi connectivity index (χ4n) is 2.33. The average Bonchev–Trinajstić information content (AvgIpc) is 2.16. The lowest BCUT2D eigenvalue weighted by molar-refractivity contribution is -0.130. The van der Waals surface area contributed by atoms with Crippen molar-refractivity contribution in [1.82, 2.24) is 5.32 Å². The van der Waals surface area contributed by atoms with E-state index in [4.69, 9.17) is 5.73 Å². The third kappa shape index (κ3) is 3.34. The van der Waals surface area contributed by atoms with Crippen LogP contribution in [0.4, 0.5) is 13.2 Å².